The van der Waals surface area contributed by atoms with Gasteiger partial charge in [-0.05, 0) is 31.2 Å². The van der Waals surface area contributed by atoms with Gasteiger partial charge in [0.2, 0.25) is 0 Å². The number of unbranched alkanes of at least 4 members (excludes halogenated alkanes) is 2. The standard InChI is InChI=1S/C18H23.Na/c1-3-5-9-15-13-14-16-10-7-8-12-18(16)17(15)11-6-4-2;/h8,10,12-14H,3-6,9,11H2,1-2H3;/q-1;+1. The second kappa shape index (κ2) is 8.79. The molecule has 0 N–H and O–H groups in total. The fourth-order valence-corrected chi connectivity index (χ4v) is 2.57. The van der Waals surface area contributed by atoms with Crippen LogP contribution in [0.2, 0.25) is 0 Å². The fourth-order valence-electron chi connectivity index (χ4n) is 2.57. The number of aryl methyl sites for hydroxylation is 2. The third-order valence-corrected chi connectivity index (χ3v) is 3.65. The number of benzene rings is 2. The molecule has 0 atom stereocenters. The minimum absolute atomic E-state index is 0. The van der Waals surface area contributed by atoms with Crippen molar-refractivity contribution in [2.75, 3.05) is 0 Å². The molecule has 0 saturated carbocycles. The van der Waals surface area contributed by atoms with E-state index in [2.05, 4.69) is 44.2 Å². The molecule has 0 spiro atoms. The molecular weight excluding hydrogens is 239 g/mol. The largest absolute Gasteiger partial charge is 1.00 e. The second-order valence-corrected chi connectivity index (χ2v) is 5.06. The van der Waals surface area contributed by atoms with Gasteiger partial charge in [-0.25, -0.2) is 0 Å². The molecule has 2 rings (SSSR count). The Morgan fingerprint density at radius 2 is 1.68 bits per heavy atom. The maximum atomic E-state index is 3.18. The molecule has 0 fully saturated rings. The van der Waals surface area contributed by atoms with Gasteiger partial charge in [-0.1, -0.05) is 38.3 Å². The monoisotopic (exact) mass is 262 g/mol. The van der Waals surface area contributed by atoms with Gasteiger partial charge in [-0.3, -0.25) is 0 Å². The topological polar surface area (TPSA) is 0 Å². The van der Waals surface area contributed by atoms with E-state index in [1.165, 1.54) is 49.3 Å². The molecule has 0 unspecified atom stereocenters. The summed E-state index contributed by atoms with van der Waals surface area (Å²) >= 11 is 0. The smallest absolute Gasteiger partial charge is 0.183 e. The molecule has 2 aromatic rings. The van der Waals surface area contributed by atoms with Crippen molar-refractivity contribution < 1.29 is 29.6 Å². The van der Waals surface area contributed by atoms with Gasteiger partial charge in [0, 0.05) is 0 Å². The van der Waals surface area contributed by atoms with Crippen LogP contribution in [0, 0.1) is 6.07 Å². The first-order chi connectivity index (χ1) is 8.86. The first-order valence-corrected chi connectivity index (χ1v) is 7.27. The number of rotatable bonds is 6. The predicted molar refractivity (Wildman–Crippen MR) is 80.0 cm³/mol. The van der Waals surface area contributed by atoms with Crippen LogP contribution in [-0.2, 0) is 12.8 Å². The van der Waals surface area contributed by atoms with E-state index in [0.29, 0.717) is 0 Å². The second-order valence-electron chi connectivity index (χ2n) is 5.06. The Kier molecular flexibility index (Phi) is 7.75. The number of hydrogen-bond donors (Lipinski definition) is 0. The Labute approximate surface area is 139 Å². The Bertz CT molecular complexity index is 502. The van der Waals surface area contributed by atoms with Crippen molar-refractivity contribution >= 4 is 10.8 Å². The zero-order valence-corrected chi connectivity index (χ0v) is 14.6. The van der Waals surface area contributed by atoms with Crippen LogP contribution in [0.25, 0.3) is 10.8 Å². The first-order valence-electron chi connectivity index (χ1n) is 7.27. The van der Waals surface area contributed by atoms with E-state index in [0.717, 1.165) is 0 Å². The van der Waals surface area contributed by atoms with Crippen molar-refractivity contribution in [2.45, 2.75) is 52.4 Å². The summed E-state index contributed by atoms with van der Waals surface area (Å²) in [5.41, 5.74) is 3.14. The Morgan fingerprint density at radius 1 is 0.947 bits per heavy atom. The first kappa shape index (κ1) is 16.8. The molecular formula is C18H23Na. The number of hydrogen-bond acceptors (Lipinski definition) is 0. The van der Waals surface area contributed by atoms with Crippen molar-refractivity contribution in [2.24, 2.45) is 0 Å². The Hall–Kier alpha value is -0.300. The molecule has 2 aromatic carbocycles. The van der Waals surface area contributed by atoms with Crippen LogP contribution >= 0.6 is 0 Å². The molecule has 0 amide bonds. The molecule has 0 aliphatic heterocycles. The van der Waals surface area contributed by atoms with E-state index in [4.69, 9.17) is 0 Å². The van der Waals surface area contributed by atoms with Gasteiger partial charge in [0.05, 0.1) is 0 Å². The van der Waals surface area contributed by atoms with Crippen LogP contribution in [0.5, 0.6) is 0 Å². The Morgan fingerprint density at radius 3 is 2.42 bits per heavy atom. The van der Waals surface area contributed by atoms with Crippen molar-refractivity contribution in [1.29, 1.82) is 0 Å². The normalized spacial score (nSPS) is 10.4. The van der Waals surface area contributed by atoms with Gasteiger partial charge < -0.3 is 0 Å². The predicted octanol–water partition coefficient (Wildman–Crippen LogP) is 2.33. The summed E-state index contributed by atoms with van der Waals surface area (Å²) in [6.07, 6.45) is 7.57. The van der Waals surface area contributed by atoms with Gasteiger partial charge in [0.15, 0.2) is 0 Å². The fraction of sp³-hybridized carbons (Fsp3) is 0.444. The molecule has 19 heavy (non-hydrogen) atoms. The average Bonchev–Trinajstić information content (AvgIpc) is 2.43. The third-order valence-electron chi connectivity index (χ3n) is 3.65. The summed E-state index contributed by atoms with van der Waals surface area (Å²) in [5.74, 6) is 0. The van der Waals surface area contributed by atoms with E-state index in [1.54, 1.807) is 11.1 Å². The molecule has 1 heteroatoms. The molecule has 0 nitrogen and oxygen atoms in total. The molecule has 96 valence electrons. The van der Waals surface area contributed by atoms with Crippen molar-refractivity contribution in [3.63, 3.8) is 0 Å². The summed E-state index contributed by atoms with van der Waals surface area (Å²) in [7, 11) is 0. The van der Waals surface area contributed by atoms with E-state index in [-0.39, 0.29) is 29.6 Å². The van der Waals surface area contributed by atoms with Gasteiger partial charge in [0.25, 0.3) is 0 Å². The third kappa shape index (κ3) is 4.34. The summed E-state index contributed by atoms with van der Waals surface area (Å²) in [6.45, 7) is 4.53. The summed E-state index contributed by atoms with van der Waals surface area (Å²) in [5, 5.41) is 2.78. The maximum absolute atomic E-state index is 3.18. The van der Waals surface area contributed by atoms with Gasteiger partial charge in [0.1, 0.15) is 0 Å². The van der Waals surface area contributed by atoms with Crippen LogP contribution in [0.3, 0.4) is 0 Å². The van der Waals surface area contributed by atoms with E-state index < -0.39 is 0 Å². The molecule has 0 saturated heterocycles. The summed E-state index contributed by atoms with van der Waals surface area (Å²) < 4.78 is 0. The zero-order valence-electron chi connectivity index (χ0n) is 12.6. The van der Waals surface area contributed by atoms with Gasteiger partial charge in [-0.15, -0.1) is 16.8 Å². The van der Waals surface area contributed by atoms with Crippen molar-refractivity contribution in [3.05, 3.63) is 47.5 Å². The van der Waals surface area contributed by atoms with Crippen LogP contribution in [-0.4, -0.2) is 0 Å². The van der Waals surface area contributed by atoms with Crippen LogP contribution in [0.4, 0.5) is 0 Å². The van der Waals surface area contributed by atoms with Gasteiger partial charge in [-0.2, -0.15) is 24.3 Å². The average molecular weight is 262 g/mol. The van der Waals surface area contributed by atoms with Crippen molar-refractivity contribution in [1.82, 2.24) is 0 Å². The molecule has 0 aromatic heterocycles. The van der Waals surface area contributed by atoms with Crippen LogP contribution < -0.4 is 29.6 Å². The summed E-state index contributed by atoms with van der Waals surface area (Å²) in [6, 6.07) is 14.1. The van der Waals surface area contributed by atoms with Gasteiger partial charge >= 0.3 is 29.6 Å². The minimum atomic E-state index is 0. The van der Waals surface area contributed by atoms with Crippen LogP contribution in [0.1, 0.15) is 50.7 Å². The van der Waals surface area contributed by atoms with E-state index in [9.17, 15) is 0 Å². The molecule has 0 aliphatic carbocycles. The summed E-state index contributed by atoms with van der Waals surface area (Å²) in [4.78, 5) is 0. The van der Waals surface area contributed by atoms with Crippen molar-refractivity contribution in [3.8, 4) is 0 Å². The SMILES string of the molecule is CCCCc1ccc2c[c-]ccc2c1CCCC.[Na+]. The molecule has 0 heterocycles. The number of fused-ring (bicyclic) bond motifs is 1. The zero-order chi connectivity index (χ0) is 12.8. The van der Waals surface area contributed by atoms with Crippen LogP contribution in [0.15, 0.2) is 30.3 Å². The van der Waals surface area contributed by atoms with E-state index >= 15 is 0 Å². The molecule has 0 bridgehead atoms. The maximum Gasteiger partial charge on any atom is 1.00 e. The molecule has 0 radical (unpaired) electrons. The van der Waals surface area contributed by atoms with E-state index in [1.807, 2.05) is 6.07 Å². The molecule has 0 aliphatic rings. The minimum Gasteiger partial charge on any atom is -0.183 e. The quantitative estimate of drug-likeness (QED) is 0.554. The Balaban J connectivity index is 0.00000180.